The predicted octanol–water partition coefficient (Wildman–Crippen LogP) is 6.33. The van der Waals surface area contributed by atoms with Crippen LogP contribution in [0.25, 0.3) is 22.2 Å². The van der Waals surface area contributed by atoms with Crippen molar-refractivity contribution in [3.8, 4) is 17.3 Å². The van der Waals surface area contributed by atoms with Gasteiger partial charge in [0.2, 0.25) is 0 Å². The van der Waals surface area contributed by atoms with Crippen molar-refractivity contribution in [3.63, 3.8) is 0 Å². The van der Waals surface area contributed by atoms with Gasteiger partial charge in [0, 0.05) is 15.4 Å². The Morgan fingerprint density at radius 1 is 1.18 bits per heavy atom. The zero-order valence-electron chi connectivity index (χ0n) is 17.8. The molecule has 2 aromatic carbocycles. The van der Waals surface area contributed by atoms with E-state index in [1.54, 1.807) is 19.9 Å². The molecule has 0 spiro atoms. The second-order valence-corrected chi connectivity index (χ2v) is 9.06. The Labute approximate surface area is 203 Å². The third-order valence-electron chi connectivity index (χ3n) is 5.05. The van der Waals surface area contributed by atoms with Gasteiger partial charge in [-0.05, 0) is 43.7 Å². The van der Waals surface area contributed by atoms with E-state index in [9.17, 15) is 14.9 Å². The molecular formula is C25H18BrN3O3S. The predicted molar refractivity (Wildman–Crippen MR) is 133 cm³/mol. The van der Waals surface area contributed by atoms with Gasteiger partial charge in [-0.1, -0.05) is 46.3 Å². The molecule has 0 bridgehead atoms. The van der Waals surface area contributed by atoms with Crippen molar-refractivity contribution in [1.82, 2.24) is 4.98 Å². The van der Waals surface area contributed by atoms with Crippen molar-refractivity contribution in [1.29, 1.82) is 5.26 Å². The lowest BCUT2D eigenvalue weighted by atomic mass is 10.0. The normalized spacial score (nSPS) is 10.6. The molecule has 0 aliphatic rings. The molecule has 8 heteroatoms. The molecule has 0 aliphatic carbocycles. The SMILES string of the molecule is CCOC(=O)c1sc(NC(=O)c2cc(-c3ccc(Br)cc3)nc3ccccc23)c(C#N)c1C. The topological polar surface area (TPSA) is 92.1 Å². The number of rotatable bonds is 5. The summed E-state index contributed by atoms with van der Waals surface area (Å²) in [5.41, 5.74) is 3.37. The highest BCUT2D eigenvalue weighted by atomic mass is 79.9. The van der Waals surface area contributed by atoms with Gasteiger partial charge in [0.05, 0.1) is 28.9 Å². The number of fused-ring (bicyclic) bond motifs is 1. The summed E-state index contributed by atoms with van der Waals surface area (Å²) in [6, 6.07) is 18.9. The van der Waals surface area contributed by atoms with Crippen LogP contribution >= 0.6 is 27.3 Å². The highest BCUT2D eigenvalue weighted by Gasteiger charge is 2.23. The fraction of sp³-hybridized carbons (Fsp3) is 0.120. The first-order chi connectivity index (χ1) is 15.9. The number of halogens is 1. The zero-order chi connectivity index (χ0) is 23.5. The Kier molecular flexibility index (Phi) is 6.54. The molecular weight excluding hydrogens is 502 g/mol. The summed E-state index contributed by atoms with van der Waals surface area (Å²) in [6.07, 6.45) is 0. The van der Waals surface area contributed by atoms with Gasteiger partial charge in [0.25, 0.3) is 5.91 Å². The number of nitriles is 1. The third-order valence-corrected chi connectivity index (χ3v) is 6.76. The molecule has 0 saturated carbocycles. The number of thiophene rings is 1. The molecule has 0 unspecified atom stereocenters. The summed E-state index contributed by atoms with van der Waals surface area (Å²) in [5.74, 6) is -0.899. The maximum absolute atomic E-state index is 13.4. The molecule has 4 rings (SSSR count). The Morgan fingerprint density at radius 3 is 2.61 bits per heavy atom. The van der Waals surface area contributed by atoms with Gasteiger partial charge in [-0.15, -0.1) is 11.3 Å². The lowest BCUT2D eigenvalue weighted by Crippen LogP contribution is -2.13. The number of nitrogens with one attached hydrogen (secondary N) is 1. The van der Waals surface area contributed by atoms with Crippen LogP contribution in [-0.4, -0.2) is 23.5 Å². The van der Waals surface area contributed by atoms with Crippen LogP contribution in [0.15, 0.2) is 59.1 Å². The minimum atomic E-state index is -0.510. The number of hydrogen-bond acceptors (Lipinski definition) is 6. The average molecular weight is 520 g/mol. The molecule has 33 heavy (non-hydrogen) atoms. The van der Waals surface area contributed by atoms with Crippen molar-refractivity contribution in [2.45, 2.75) is 13.8 Å². The molecule has 164 valence electrons. The number of para-hydroxylation sites is 1. The zero-order valence-corrected chi connectivity index (χ0v) is 20.2. The molecule has 2 heterocycles. The fourth-order valence-electron chi connectivity index (χ4n) is 3.43. The number of hydrogen-bond donors (Lipinski definition) is 1. The highest BCUT2D eigenvalue weighted by molar-refractivity contribution is 9.10. The lowest BCUT2D eigenvalue weighted by molar-refractivity contribution is 0.0531. The van der Waals surface area contributed by atoms with Crippen LogP contribution in [0.1, 0.15) is 38.1 Å². The van der Waals surface area contributed by atoms with Gasteiger partial charge >= 0.3 is 5.97 Å². The first-order valence-corrected chi connectivity index (χ1v) is 11.7. The summed E-state index contributed by atoms with van der Waals surface area (Å²) in [7, 11) is 0. The van der Waals surface area contributed by atoms with Crippen molar-refractivity contribution in [3.05, 3.63) is 80.6 Å². The lowest BCUT2D eigenvalue weighted by Gasteiger charge is -2.10. The van der Waals surface area contributed by atoms with Crippen molar-refractivity contribution in [2.24, 2.45) is 0 Å². The molecule has 1 amide bonds. The molecule has 0 saturated heterocycles. The van der Waals surface area contributed by atoms with E-state index in [0.29, 0.717) is 37.6 Å². The number of benzene rings is 2. The molecule has 1 N–H and O–H groups in total. The molecule has 2 aromatic heterocycles. The minimum Gasteiger partial charge on any atom is -0.462 e. The monoisotopic (exact) mass is 519 g/mol. The van der Waals surface area contributed by atoms with Crippen molar-refractivity contribution >= 4 is 55.0 Å². The second-order valence-electron chi connectivity index (χ2n) is 7.13. The number of carbonyl (C=O) groups excluding carboxylic acids is 2. The summed E-state index contributed by atoms with van der Waals surface area (Å²) in [5, 5.41) is 13.5. The number of pyridine rings is 1. The highest BCUT2D eigenvalue weighted by Crippen LogP contribution is 2.34. The number of esters is 1. The first-order valence-electron chi connectivity index (χ1n) is 10.1. The molecule has 4 aromatic rings. The number of carbonyl (C=O) groups is 2. The van der Waals surface area contributed by atoms with Crippen LogP contribution in [0.5, 0.6) is 0 Å². The van der Waals surface area contributed by atoms with Gasteiger partial charge < -0.3 is 10.1 Å². The number of nitrogens with zero attached hydrogens (tertiary/aromatic N) is 2. The van der Waals surface area contributed by atoms with Gasteiger partial charge in [-0.2, -0.15) is 5.26 Å². The van der Waals surface area contributed by atoms with E-state index in [4.69, 9.17) is 9.72 Å². The quantitative estimate of drug-likeness (QED) is 0.310. The summed E-state index contributed by atoms with van der Waals surface area (Å²) < 4.78 is 6.02. The van der Waals surface area contributed by atoms with E-state index in [-0.39, 0.29) is 18.1 Å². The maximum Gasteiger partial charge on any atom is 0.348 e. The molecule has 0 atom stereocenters. The number of aromatic nitrogens is 1. The van der Waals surface area contributed by atoms with Crippen molar-refractivity contribution < 1.29 is 14.3 Å². The number of ether oxygens (including phenoxy) is 1. The molecule has 0 aliphatic heterocycles. The number of anilines is 1. The molecule has 0 radical (unpaired) electrons. The van der Waals surface area contributed by atoms with E-state index in [2.05, 4.69) is 27.3 Å². The number of amides is 1. The molecule has 0 fully saturated rings. The molecule has 6 nitrogen and oxygen atoms in total. The standard InChI is InChI=1S/C25H18BrN3O3S/c1-3-32-25(31)22-14(2)19(13-27)24(33-22)29-23(30)18-12-21(15-8-10-16(26)11-9-15)28-20-7-5-4-6-17(18)20/h4-12H,3H2,1-2H3,(H,29,30). The van der Waals surface area contributed by atoms with Crippen molar-refractivity contribution in [2.75, 3.05) is 11.9 Å². The summed E-state index contributed by atoms with van der Waals surface area (Å²) in [6.45, 7) is 3.61. The van der Waals surface area contributed by atoms with Gasteiger partial charge in [0.15, 0.2) is 0 Å². The first kappa shape index (κ1) is 22.6. The van der Waals surface area contributed by atoms with Crippen LogP contribution in [0.2, 0.25) is 0 Å². The van der Waals surface area contributed by atoms with Crippen LogP contribution in [0.4, 0.5) is 5.00 Å². The van der Waals surface area contributed by atoms with Crippen LogP contribution in [-0.2, 0) is 4.74 Å². The minimum absolute atomic E-state index is 0.224. The maximum atomic E-state index is 13.4. The Hall–Kier alpha value is -3.54. The Balaban J connectivity index is 1.78. The van der Waals surface area contributed by atoms with Gasteiger partial charge in [-0.25, -0.2) is 9.78 Å². The van der Waals surface area contributed by atoms with Crippen LogP contribution in [0.3, 0.4) is 0 Å². The largest absolute Gasteiger partial charge is 0.462 e. The van der Waals surface area contributed by atoms with E-state index in [1.165, 1.54) is 0 Å². The fourth-order valence-corrected chi connectivity index (χ4v) is 4.74. The Morgan fingerprint density at radius 2 is 1.91 bits per heavy atom. The van der Waals surface area contributed by atoms with E-state index < -0.39 is 5.97 Å². The van der Waals surface area contributed by atoms with E-state index in [1.807, 2.05) is 48.5 Å². The van der Waals surface area contributed by atoms with Gasteiger partial charge in [0.1, 0.15) is 15.9 Å². The summed E-state index contributed by atoms with van der Waals surface area (Å²) in [4.78, 5) is 30.7. The van der Waals surface area contributed by atoms with E-state index in [0.717, 1.165) is 21.4 Å². The third kappa shape index (κ3) is 4.51. The van der Waals surface area contributed by atoms with Crippen LogP contribution < -0.4 is 5.32 Å². The average Bonchev–Trinajstić information content (AvgIpc) is 3.13. The summed E-state index contributed by atoms with van der Waals surface area (Å²) >= 11 is 4.47. The second kappa shape index (κ2) is 9.53. The smallest absolute Gasteiger partial charge is 0.348 e. The Bertz CT molecular complexity index is 1420. The van der Waals surface area contributed by atoms with Gasteiger partial charge in [-0.3, -0.25) is 4.79 Å². The van der Waals surface area contributed by atoms with E-state index >= 15 is 0 Å². The van der Waals surface area contributed by atoms with Crippen LogP contribution in [0, 0.1) is 18.3 Å².